The van der Waals surface area contributed by atoms with E-state index in [1.807, 2.05) is 30.3 Å². The highest BCUT2D eigenvalue weighted by molar-refractivity contribution is 5.77. The molecule has 2 aromatic rings. The fraction of sp³-hybridized carbons (Fsp3) is 0.529. The summed E-state index contributed by atoms with van der Waals surface area (Å²) in [6.07, 6.45) is 7.98. The number of nitrogens with two attached hydrogens (primary N) is 1. The van der Waals surface area contributed by atoms with E-state index in [1.165, 1.54) is 38.5 Å². The lowest BCUT2D eigenvalue weighted by molar-refractivity contribution is 0.0319. The Balaban J connectivity index is 1.59. The summed E-state index contributed by atoms with van der Waals surface area (Å²) in [4.78, 5) is 0. The Bertz CT molecular complexity index is 508. The standard InChI is InChI=1S/C17H23NO2/c18-15(12-19-14-8-3-1-2-4-9-14)17-11-13-7-5-6-10-16(13)20-17/h5-7,10-11,14-15H,1-4,8-9,12,18H2. The van der Waals surface area contributed by atoms with Crippen molar-refractivity contribution >= 4 is 11.0 Å². The van der Waals surface area contributed by atoms with E-state index >= 15 is 0 Å². The summed E-state index contributed by atoms with van der Waals surface area (Å²) in [5.41, 5.74) is 7.09. The van der Waals surface area contributed by atoms with E-state index in [0.29, 0.717) is 12.7 Å². The molecule has 3 rings (SSSR count). The van der Waals surface area contributed by atoms with Gasteiger partial charge in [0.1, 0.15) is 11.3 Å². The van der Waals surface area contributed by atoms with Crippen molar-refractivity contribution in [2.75, 3.05) is 6.61 Å². The molecule has 1 fully saturated rings. The van der Waals surface area contributed by atoms with Crippen molar-refractivity contribution in [3.8, 4) is 0 Å². The molecule has 3 nitrogen and oxygen atoms in total. The Morgan fingerprint density at radius 2 is 1.90 bits per heavy atom. The van der Waals surface area contributed by atoms with Crippen molar-refractivity contribution in [1.82, 2.24) is 0 Å². The first-order valence-electron chi connectivity index (χ1n) is 7.68. The van der Waals surface area contributed by atoms with Crippen LogP contribution in [0.15, 0.2) is 34.7 Å². The van der Waals surface area contributed by atoms with Gasteiger partial charge in [0.05, 0.1) is 18.8 Å². The van der Waals surface area contributed by atoms with Gasteiger partial charge in [0, 0.05) is 5.39 Å². The van der Waals surface area contributed by atoms with Crippen molar-refractivity contribution in [1.29, 1.82) is 0 Å². The molecular formula is C17H23NO2. The third-order valence-corrected chi connectivity index (χ3v) is 4.12. The fourth-order valence-electron chi connectivity index (χ4n) is 2.92. The molecule has 0 bridgehead atoms. The van der Waals surface area contributed by atoms with Gasteiger partial charge in [-0.2, -0.15) is 0 Å². The van der Waals surface area contributed by atoms with Crippen molar-refractivity contribution in [3.05, 3.63) is 36.1 Å². The summed E-state index contributed by atoms with van der Waals surface area (Å²) in [5.74, 6) is 0.819. The zero-order chi connectivity index (χ0) is 13.8. The van der Waals surface area contributed by atoms with E-state index in [9.17, 15) is 0 Å². The molecule has 0 aliphatic heterocycles. The van der Waals surface area contributed by atoms with Crippen LogP contribution in [0.4, 0.5) is 0 Å². The molecule has 108 valence electrons. The topological polar surface area (TPSA) is 48.4 Å². The lowest BCUT2D eigenvalue weighted by atomic mass is 10.1. The lowest BCUT2D eigenvalue weighted by Crippen LogP contribution is -2.21. The number of rotatable bonds is 4. The van der Waals surface area contributed by atoms with Gasteiger partial charge >= 0.3 is 0 Å². The maximum absolute atomic E-state index is 6.20. The Morgan fingerprint density at radius 3 is 2.65 bits per heavy atom. The predicted molar refractivity (Wildman–Crippen MR) is 80.6 cm³/mol. The van der Waals surface area contributed by atoms with Gasteiger partial charge in [0.2, 0.25) is 0 Å². The van der Waals surface area contributed by atoms with Crippen molar-refractivity contribution in [3.63, 3.8) is 0 Å². The molecule has 20 heavy (non-hydrogen) atoms. The van der Waals surface area contributed by atoms with E-state index in [4.69, 9.17) is 14.9 Å². The molecule has 1 aliphatic carbocycles. The first-order chi connectivity index (χ1) is 9.83. The largest absolute Gasteiger partial charge is 0.459 e. The molecule has 0 saturated heterocycles. The van der Waals surface area contributed by atoms with E-state index in [-0.39, 0.29) is 6.04 Å². The van der Waals surface area contributed by atoms with Gasteiger partial charge in [-0.25, -0.2) is 0 Å². The van der Waals surface area contributed by atoms with Gasteiger partial charge in [-0.3, -0.25) is 0 Å². The molecule has 0 spiro atoms. The Labute approximate surface area is 120 Å². The van der Waals surface area contributed by atoms with Gasteiger partial charge in [-0.05, 0) is 25.0 Å². The number of hydrogen-bond donors (Lipinski definition) is 1. The fourth-order valence-corrected chi connectivity index (χ4v) is 2.92. The molecule has 1 aliphatic rings. The zero-order valence-corrected chi connectivity index (χ0v) is 11.9. The van der Waals surface area contributed by atoms with Crippen LogP contribution in [0.3, 0.4) is 0 Å². The maximum Gasteiger partial charge on any atom is 0.134 e. The van der Waals surface area contributed by atoms with Gasteiger partial charge in [-0.1, -0.05) is 43.9 Å². The van der Waals surface area contributed by atoms with E-state index in [2.05, 4.69) is 0 Å². The van der Waals surface area contributed by atoms with Crippen LogP contribution in [0.25, 0.3) is 11.0 Å². The molecule has 1 aromatic heterocycles. The number of furan rings is 1. The molecule has 1 heterocycles. The smallest absolute Gasteiger partial charge is 0.134 e. The summed E-state index contributed by atoms with van der Waals surface area (Å²) in [5, 5.41) is 1.10. The van der Waals surface area contributed by atoms with Crippen LogP contribution in [-0.4, -0.2) is 12.7 Å². The molecule has 0 radical (unpaired) electrons. The van der Waals surface area contributed by atoms with Crippen LogP contribution >= 0.6 is 0 Å². The molecule has 0 amide bonds. The molecule has 1 saturated carbocycles. The minimum absolute atomic E-state index is 0.175. The van der Waals surface area contributed by atoms with E-state index in [0.717, 1.165) is 16.7 Å². The van der Waals surface area contributed by atoms with Crippen LogP contribution in [-0.2, 0) is 4.74 Å². The molecule has 1 atom stereocenters. The first-order valence-corrected chi connectivity index (χ1v) is 7.68. The van der Waals surface area contributed by atoms with Crippen molar-refractivity contribution in [2.45, 2.75) is 50.7 Å². The average Bonchev–Trinajstić information content (AvgIpc) is 2.74. The summed E-state index contributed by atoms with van der Waals surface area (Å²) in [6.45, 7) is 0.546. The highest BCUT2D eigenvalue weighted by Crippen LogP contribution is 2.24. The van der Waals surface area contributed by atoms with Crippen LogP contribution in [0.2, 0.25) is 0 Å². The zero-order valence-electron chi connectivity index (χ0n) is 11.9. The van der Waals surface area contributed by atoms with E-state index < -0.39 is 0 Å². The summed E-state index contributed by atoms with van der Waals surface area (Å²) >= 11 is 0. The second-order valence-corrected chi connectivity index (χ2v) is 5.74. The highest BCUT2D eigenvalue weighted by atomic mass is 16.5. The number of para-hydroxylation sites is 1. The van der Waals surface area contributed by atoms with Gasteiger partial charge in [0.15, 0.2) is 0 Å². The SMILES string of the molecule is NC(COC1CCCCCC1)c1cc2ccccc2o1. The predicted octanol–water partition coefficient (Wildman–Crippen LogP) is 4.17. The normalized spacial score (nSPS) is 19.1. The minimum atomic E-state index is -0.175. The van der Waals surface area contributed by atoms with Crippen LogP contribution < -0.4 is 5.73 Å². The monoisotopic (exact) mass is 273 g/mol. The molecule has 1 aromatic carbocycles. The molecular weight excluding hydrogens is 250 g/mol. The second-order valence-electron chi connectivity index (χ2n) is 5.74. The number of benzene rings is 1. The summed E-state index contributed by atoms with van der Waals surface area (Å²) < 4.78 is 11.8. The highest BCUT2D eigenvalue weighted by Gasteiger charge is 2.17. The quantitative estimate of drug-likeness (QED) is 0.850. The Hall–Kier alpha value is -1.32. The maximum atomic E-state index is 6.20. The van der Waals surface area contributed by atoms with Crippen LogP contribution in [0, 0.1) is 0 Å². The molecule has 2 N–H and O–H groups in total. The van der Waals surface area contributed by atoms with Gasteiger partial charge in [-0.15, -0.1) is 0 Å². The minimum Gasteiger partial charge on any atom is -0.459 e. The van der Waals surface area contributed by atoms with Crippen LogP contribution in [0.5, 0.6) is 0 Å². The van der Waals surface area contributed by atoms with Crippen molar-refractivity contribution in [2.24, 2.45) is 5.73 Å². The summed E-state index contributed by atoms with van der Waals surface area (Å²) in [7, 11) is 0. The molecule has 1 unspecified atom stereocenters. The number of hydrogen-bond acceptors (Lipinski definition) is 3. The second kappa shape index (κ2) is 6.42. The summed E-state index contributed by atoms with van der Waals surface area (Å²) in [6, 6.07) is 9.85. The molecule has 3 heteroatoms. The Morgan fingerprint density at radius 1 is 1.15 bits per heavy atom. The number of fused-ring (bicyclic) bond motifs is 1. The Kier molecular flexibility index (Phi) is 4.38. The lowest BCUT2D eigenvalue weighted by Gasteiger charge is -2.17. The van der Waals surface area contributed by atoms with Gasteiger partial charge < -0.3 is 14.9 Å². The number of ether oxygens (including phenoxy) is 1. The third kappa shape index (κ3) is 3.22. The average molecular weight is 273 g/mol. The third-order valence-electron chi connectivity index (χ3n) is 4.12. The van der Waals surface area contributed by atoms with Gasteiger partial charge in [0.25, 0.3) is 0 Å². The van der Waals surface area contributed by atoms with Crippen LogP contribution in [0.1, 0.15) is 50.3 Å². The van der Waals surface area contributed by atoms with Crippen molar-refractivity contribution < 1.29 is 9.15 Å². The first kappa shape index (κ1) is 13.7. The van der Waals surface area contributed by atoms with E-state index in [1.54, 1.807) is 0 Å².